The summed E-state index contributed by atoms with van der Waals surface area (Å²) in [5.74, 6) is 1.55. The van der Waals surface area contributed by atoms with Gasteiger partial charge in [-0.25, -0.2) is 0 Å². The predicted molar refractivity (Wildman–Crippen MR) is 85.4 cm³/mol. The third-order valence-corrected chi connectivity index (χ3v) is 3.76. The number of methoxy groups -OCH3 is 1. The molecule has 1 aliphatic heterocycles. The Bertz CT molecular complexity index is 725. The first-order valence-electron chi connectivity index (χ1n) is 7.57. The number of nitriles is 1. The second kappa shape index (κ2) is 6.31. The Labute approximate surface area is 135 Å². The van der Waals surface area contributed by atoms with Gasteiger partial charge in [-0.3, -0.25) is 0 Å². The number of rotatable bonds is 3. The summed E-state index contributed by atoms with van der Waals surface area (Å²) in [6.45, 7) is 5.34. The van der Waals surface area contributed by atoms with E-state index in [4.69, 9.17) is 13.9 Å². The van der Waals surface area contributed by atoms with Gasteiger partial charge in [-0.1, -0.05) is 12.1 Å². The van der Waals surface area contributed by atoms with Crippen molar-refractivity contribution in [3.63, 3.8) is 0 Å². The van der Waals surface area contributed by atoms with E-state index in [1.54, 1.807) is 7.11 Å². The molecule has 1 aromatic carbocycles. The molecule has 1 aromatic heterocycles. The van der Waals surface area contributed by atoms with Crippen LogP contribution in [0, 0.1) is 11.3 Å². The van der Waals surface area contributed by atoms with Crippen molar-refractivity contribution in [3.05, 3.63) is 30.0 Å². The molecule has 120 valence electrons. The maximum atomic E-state index is 9.41. The van der Waals surface area contributed by atoms with E-state index in [0.29, 0.717) is 30.6 Å². The maximum absolute atomic E-state index is 9.41. The standard InChI is InChI=1S/C17H19N3O3/c1-11-9-20(10-12(2)22-11)17-14(8-18)19-16(23-17)13-6-4-5-7-15(13)21-3/h4-7,11-12H,9-10H2,1-3H3/t11-,12-/m1/s1. The van der Waals surface area contributed by atoms with Crippen LogP contribution in [0.25, 0.3) is 11.5 Å². The highest BCUT2D eigenvalue weighted by Crippen LogP contribution is 2.34. The monoisotopic (exact) mass is 313 g/mol. The second-order valence-corrected chi connectivity index (χ2v) is 5.65. The van der Waals surface area contributed by atoms with Gasteiger partial charge in [-0.05, 0) is 26.0 Å². The van der Waals surface area contributed by atoms with E-state index < -0.39 is 0 Å². The lowest BCUT2D eigenvalue weighted by atomic mass is 10.2. The SMILES string of the molecule is COc1ccccc1-c1nc(C#N)c(N2C[C@@H](C)O[C@H](C)C2)o1. The van der Waals surface area contributed by atoms with Gasteiger partial charge >= 0.3 is 0 Å². The number of hydrogen-bond donors (Lipinski definition) is 0. The Morgan fingerprint density at radius 1 is 1.26 bits per heavy atom. The van der Waals surface area contributed by atoms with Gasteiger partial charge in [0.2, 0.25) is 17.5 Å². The first kappa shape index (κ1) is 15.4. The first-order chi connectivity index (χ1) is 11.1. The topological polar surface area (TPSA) is 71.5 Å². The molecule has 6 heteroatoms. The number of morpholine rings is 1. The Kier molecular flexibility index (Phi) is 4.22. The van der Waals surface area contributed by atoms with Crippen LogP contribution in [0.15, 0.2) is 28.7 Å². The minimum atomic E-state index is 0.0742. The van der Waals surface area contributed by atoms with Gasteiger partial charge in [0.15, 0.2) is 0 Å². The van der Waals surface area contributed by atoms with Gasteiger partial charge in [0, 0.05) is 13.1 Å². The minimum absolute atomic E-state index is 0.0742. The van der Waals surface area contributed by atoms with Crippen molar-refractivity contribution in [1.29, 1.82) is 5.26 Å². The van der Waals surface area contributed by atoms with E-state index in [1.807, 2.05) is 43.0 Å². The molecule has 3 rings (SSSR count). The van der Waals surface area contributed by atoms with E-state index in [1.165, 1.54) is 0 Å². The smallest absolute Gasteiger partial charge is 0.235 e. The molecular formula is C17H19N3O3. The molecular weight excluding hydrogens is 294 g/mol. The summed E-state index contributed by atoms with van der Waals surface area (Å²) in [6.07, 6.45) is 0.148. The van der Waals surface area contributed by atoms with Crippen LogP contribution in [-0.4, -0.2) is 37.4 Å². The molecule has 1 aliphatic rings. The Balaban J connectivity index is 2.00. The van der Waals surface area contributed by atoms with E-state index in [2.05, 4.69) is 11.1 Å². The van der Waals surface area contributed by atoms with Crippen molar-refractivity contribution in [2.24, 2.45) is 0 Å². The van der Waals surface area contributed by atoms with E-state index in [-0.39, 0.29) is 17.9 Å². The molecule has 0 spiro atoms. The van der Waals surface area contributed by atoms with Crippen LogP contribution in [0.3, 0.4) is 0 Å². The van der Waals surface area contributed by atoms with Crippen molar-refractivity contribution in [2.45, 2.75) is 26.1 Å². The average Bonchev–Trinajstić information content (AvgIpc) is 2.98. The van der Waals surface area contributed by atoms with Crippen LogP contribution in [0.1, 0.15) is 19.5 Å². The van der Waals surface area contributed by atoms with Crippen LogP contribution >= 0.6 is 0 Å². The van der Waals surface area contributed by atoms with Crippen LogP contribution in [0.4, 0.5) is 5.88 Å². The summed E-state index contributed by atoms with van der Waals surface area (Å²) in [5.41, 5.74) is 1.01. The molecule has 0 amide bonds. The lowest BCUT2D eigenvalue weighted by Crippen LogP contribution is -2.45. The van der Waals surface area contributed by atoms with Crippen molar-refractivity contribution in [2.75, 3.05) is 25.1 Å². The van der Waals surface area contributed by atoms with Crippen molar-refractivity contribution in [3.8, 4) is 23.3 Å². The van der Waals surface area contributed by atoms with Crippen molar-refractivity contribution in [1.82, 2.24) is 4.98 Å². The lowest BCUT2D eigenvalue weighted by Gasteiger charge is -2.34. The Hall–Kier alpha value is -2.52. The molecule has 0 saturated carbocycles. The number of ether oxygens (including phenoxy) is 2. The number of para-hydroxylation sites is 1. The van der Waals surface area contributed by atoms with Crippen LogP contribution < -0.4 is 9.64 Å². The molecule has 0 aliphatic carbocycles. The van der Waals surface area contributed by atoms with E-state index >= 15 is 0 Å². The van der Waals surface area contributed by atoms with Gasteiger partial charge in [0.1, 0.15) is 11.8 Å². The van der Waals surface area contributed by atoms with Gasteiger partial charge < -0.3 is 18.8 Å². The highest BCUT2D eigenvalue weighted by molar-refractivity contribution is 5.65. The Morgan fingerprint density at radius 3 is 2.61 bits per heavy atom. The molecule has 0 radical (unpaired) electrons. The van der Waals surface area contributed by atoms with Crippen LogP contribution in [-0.2, 0) is 4.74 Å². The summed E-state index contributed by atoms with van der Waals surface area (Å²) < 4.78 is 17.0. The Morgan fingerprint density at radius 2 is 1.96 bits per heavy atom. The number of anilines is 1. The third-order valence-electron chi connectivity index (χ3n) is 3.76. The van der Waals surface area contributed by atoms with Gasteiger partial charge in [0.05, 0.1) is 24.9 Å². The maximum Gasteiger partial charge on any atom is 0.235 e. The van der Waals surface area contributed by atoms with E-state index in [0.717, 1.165) is 5.56 Å². The summed E-state index contributed by atoms with van der Waals surface area (Å²) in [7, 11) is 1.60. The minimum Gasteiger partial charge on any atom is -0.496 e. The number of aromatic nitrogens is 1. The molecule has 1 fully saturated rings. The third kappa shape index (κ3) is 3.01. The van der Waals surface area contributed by atoms with E-state index in [9.17, 15) is 5.26 Å². The predicted octanol–water partition coefficient (Wildman–Crippen LogP) is 2.84. The number of oxazole rings is 1. The second-order valence-electron chi connectivity index (χ2n) is 5.65. The fourth-order valence-corrected chi connectivity index (χ4v) is 2.88. The molecule has 2 aromatic rings. The zero-order valence-electron chi connectivity index (χ0n) is 13.4. The molecule has 6 nitrogen and oxygen atoms in total. The van der Waals surface area contributed by atoms with Crippen LogP contribution in [0.2, 0.25) is 0 Å². The molecule has 2 heterocycles. The lowest BCUT2D eigenvalue weighted by molar-refractivity contribution is -0.00638. The number of nitrogens with zero attached hydrogens (tertiary/aromatic N) is 3. The molecule has 0 bridgehead atoms. The molecule has 0 unspecified atom stereocenters. The average molecular weight is 313 g/mol. The fourth-order valence-electron chi connectivity index (χ4n) is 2.88. The van der Waals surface area contributed by atoms with Crippen LogP contribution in [0.5, 0.6) is 5.75 Å². The zero-order chi connectivity index (χ0) is 16.4. The molecule has 0 N–H and O–H groups in total. The van der Waals surface area contributed by atoms with Crippen molar-refractivity contribution < 1.29 is 13.9 Å². The summed E-state index contributed by atoms with van der Waals surface area (Å²) >= 11 is 0. The normalized spacial score (nSPS) is 21.0. The fraction of sp³-hybridized carbons (Fsp3) is 0.412. The molecule has 23 heavy (non-hydrogen) atoms. The highest BCUT2D eigenvalue weighted by atomic mass is 16.5. The van der Waals surface area contributed by atoms with Gasteiger partial charge in [-0.15, -0.1) is 0 Å². The zero-order valence-corrected chi connectivity index (χ0v) is 13.4. The summed E-state index contributed by atoms with van der Waals surface area (Å²) in [6, 6.07) is 9.58. The van der Waals surface area contributed by atoms with Gasteiger partial charge in [0.25, 0.3) is 0 Å². The van der Waals surface area contributed by atoms with Crippen molar-refractivity contribution >= 4 is 5.88 Å². The van der Waals surface area contributed by atoms with Gasteiger partial charge in [-0.2, -0.15) is 10.2 Å². The first-order valence-corrected chi connectivity index (χ1v) is 7.57. The highest BCUT2D eigenvalue weighted by Gasteiger charge is 2.28. The number of hydrogen-bond acceptors (Lipinski definition) is 6. The summed E-state index contributed by atoms with van der Waals surface area (Å²) in [5, 5.41) is 9.41. The summed E-state index contributed by atoms with van der Waals surface area (Å²) in [4.78, 5) is 6.36. The molecule has 1 saturated heterocycles. The largest absolute Gasteiger partial charge is 0.496 e. The quantitative estimate of drug-likeness (QED) is 0.867. The number of benzene rings is 1. The molecule has 2 atom stereocenters.